The number of nitrogens with one attached hydrogen (secondary N) is 2. The van der Waals surface area contributed by atoms with Crippen LogP contribution in [0, 0.1) is 11.2 Å². The number of hydrogen-bond acceptors (Lipinski definition) is 2. The van der Waals surface area contributed by atoms with E-state index in [0.717, 1.165) is 18.5 Å². The minimum absolute atomic E-state index is 0.110. The van der Waals surface area contributed by atoms with Crippen molar-refractivity contribution in [2.75, 3.05) is 11.9 Å². The van der Waals surface area contributed by atoms with Gasteiger partial charge in [0.1, 0.15) is 5.52 Å². The average Bonchev–Trinajstić information content (AvgIpc) is 2.94. The number of anilines is 1. The molecule has 0 aliphatic heterocycles. The van der Waals surface area contributed by atoms with Crippen molar-refractivity contribution in [3.63, 3.8) is 0 Å². The van der Waals surface area contributed by atoms with Crippen LogP contribution in [-0.4, -0.2) is 16.7 Å². The van der Waals surface area contributed by atoms with Crippen LogP contribution < -0.4 is 5.32 Å². The fourth-order valence-electron chi connectivity index (χ4n) is 2.61. The smallest absolute Gasteiger partial charge is 0.168 e. The van der Waals surface area contributed by atoms with Gasteiger partial charge in [0.25, 0.3) is 0 Å². The number of benzene rings is 2. The van der Waals surface area contributed by atoms with E-state index in [9.17, 15) is 4.39 Å². The van der Waals surface area contributed by atoms with E-state index in [2.05, 4.69) is 36.3 Å². The third kappa shape index (κ3) is 3.39. The Balaban J connectivity index is 2.00. The molecule has 0 atom stereocenters. The summed E-state index contributed by atoms with van der Waals surface area (Å²) in [7, 11) is 0. The second-order valence-electron chi connectivity index (χ2n) is 7.15. The lowest BCUT2D eigenvalue weighted by Gasteiger charge is -2.18. The van der Waals surface area contributed by atoms with Crippen LogP contribution in [0.25, 0.3) is 22.0 Å². The summed E-state index contributed by atoms with van der Waals surface area (Å²) in [6.45, 7) is 7.33. The maximum absolute atomic E-state index is 14.6. The van der Waals surface area contributed by atoms with E-state index < -0.39 is 5.82 Å². The monoisotopic (exact) mass is 345 g/mol. The Labute approximate surface area is 146 Å². The molecule has 0 amide bonds. The molecule has 3 rings (SSSR count). The topological polar surface area (TPSA) is 40.7 Å². The molecule has 1 heterocycles. The molecule has 0 bridgehead atoms. The lowest BCUT2D eigenvalue weighted by atomic mass is 9.92. The standard InChI is InChI=1S/C19H21ClFN3/c1-19(2,3)9-10-22-18-14-11-13(12-7-5-4-6-8-12)15(20)16(21)17(14)23-24-18/h4-8,11H,9-10H2,1-3H3,(H2,22,23,24). The van der Waals surface area contributed by atoms with E-state index in [0.29, 0.717) is 22.3 Å². The molecule has 126 valence electrons. The van der Waals surface area contributed by atoms with Crippen LogP contribution in [0.4, 0.5) is 10.2 Å². The summed E-state index contributed by atoms with van der Waals surface area (Å²) in [4.78, 5) is 0. The van der Waals surface area contributed by atoms with Crippen molar-refractivity contribution in [3.05, 3.63) is 47.2 Å². The van der Waals surface area contributed by atoms with Gasteiger partial charge in [-0.15, -0.1) is 0 Å². The molecule has 3 nitrogen and oxygen atoms in total. The highest BCUT2D eigenvalue weighted by Gasteiger charge is 2.18. The normalized spacial score (nSPS) is 11.9. The van der Waals surface area contributed by atoms with E-state index in [1.165, 1.54) is 0 Å². The fraction of sp³-hybridized carbons (Fsp3) is 0.316. The molecular formula is C19H21ClFN3. The minimum atomic E-state index is -0.468. The van der Waals surface area contributed by atoms with Crippen molar-refractivity contribution in [2.45, 2.75) is 27.2 Å². The first-order valence-electron chi connectivity index (χ1n) is 8.02. The largest absolute Gasteiger partial charge is 0.368 e. The Morgan fingerprint density at radius 2 is 1.92 bits per heavy atom. The first-order chi connectivity index (χ1) is 11.4. The highest BCUT2D eigenvalue weighted by atomic mass is 35.5. The van der Waals surface area contributed by atoms with Gasteiger partial charge in [-0.3, -0.25) is 5.10 Å². The molecule has 0 unspecified atom stereocenters. The van der Waals surface area contributed by atoms with Gasteiger partial charge in [-0.1, -0.05) is 62.7 Å². The Morgan fingerprint density at radius 3 is 2.58 bits per heavy atom. The zero-order valence-electron chi connectivity index (χ0n) is 14.1. The molecule has 0 saturated carbocycles. The van der Waals surface area contributed by atoms with Crippen LogP contribution in [0.1, 0.15) is 27.2 Å². The van der Waals surface area contributed by atoms with Gasteiger partial charge in [-0.25, -0.2) is 4.39 Å². The minimum Gasteiger partial charge on any atom is -0.368 e. The molecule has 2 N–H and O–H groups in total. The van der Waals surface area contributed by atoms with Gasteiger partial charge >= 0.3 is 0 Å². The van der Waals surface area contributed by atoms with E-state index >= 15 is 0 Å². The molecule has 0 aliphatic carbocycles. The highest BCUT2D eigenvalue weighted by Crippen LogP contribution is 2.36. The van der Waals surface area contributed by atoms with Crippen LogP contribution in [0.2, 0.25) is 5.02 Å². The number of hydrogen-bond donors (Lipinski definition) is 2. The van der Waals surface area contributed by atoms with Crippen LogP contribution in [0.3, 0.4) is 0 Å². The fourth-order valence-corrected chi connectivity index (χ4v) is 2.87. The summed E-state index contributed by atoms with van der Waals surface area (Å²) in [5.41, 5.74) is 2.11. The van der Waals surface area contributed by atoms with Crippen molar-refractivity contribution in [1.82, 2.24) is 10.2 Å². The summed E-state index contributed by atoms with van der Waals surface area (Å²) < 4.78 is 14.6. The number of H-pyrrole nitrogens is 1. The van der Waals surface area contributed by atoms with Gasteiger partial charge in [0.2, 0.25) is 0 Å². The van der Waals surface area contributed by atoms with Crippen molar-refractivity contribution >= 4 is 28.3 Å². The average molecular weight is 346 g/mol. The van der Waals surface area contributed by atoms with E-state index in [1.807, 2.05) is 36.4 Å². The first kappa shape index (κ1) is 16.8. The van der Waals surface area contributed by atoms with Crippen molar-refractivity contribution in [1.29, 1.82) is 0 Å². The Bertz CT molecular complexity index is 850. The molecule has 1 aromatic heterocycles. The summed E-state index contributed by atoms with van der Waals surface area (Å²) in [5, 5.41) is 11.1. The predicted molar refractivity (Wildman–Crippen MR) is 99.1 cm³/mol. The number of rotatable bonds is 4. The van der Waals surface area contributed by atoms with Crippen molar-refractivity contribution in [2.24, 2.45) is 5.41 Å². The summed E-state index contributed by atoms with van der Waals surface area (Å²) in [6, 6.07) is 11.5. The first-order valence-corrected chi connectivity index (χ1v) is 8.40. The number of fused-ring (bicyclic) bond motifs is 1. The number of aromatic amines is 1. The molecule has 0 spiro atoms. The molecule has 2 aromatic carbocycles. The number of halogens is 2. The molecular weight excluding hydrogens is 325 g/mol. The zero-order chi connectivity index (χ0) is 17.3. The van der Waals surface area contributed by atoms with Crippen LogP contribution in [0.15, 0.2) is 36.4 Å². The zero-order valence-corrected chi connectivity index (χ0v) is 14.8. The quantitative estimate of drug-likeness (QED) is 0.620. The van der Waals surface area contributed by atoms with E-state index in [-0.39, 0.29) is 10.4 Å². The van der Waals surface area contributed by atoms with Crippen LogP contribution in [-0.2, 0) is 0 Å². The second-order valence-corrected chi connectivity index (χ2v) is 7.53. The van der Waals surface area contributed by atoms with Gasteiger partial charge in [-0.2, -0.15) is 5.10 Å². The van der Waals surface area contributed by atoms with Crippen molar-refractivity contribution in [3.8, 4) is 11.1 Å². The third-order valence-corrected chi connectivity index (χ3v) is 4.36. The third-order valence-electron chi connectivity index (χ3n) is 3.99. The number of nitrogens with zero attached hydrogens (tertiary/aromatic N) is 1. The maximum Gasteiger partial charge on any atom is 0.168 e. The predicted octanol–water partition coefficient (Wildman–Crippen LogP) is 5.87. The summed E-state index contributed by atoms with van der Waals surface area (Å²) >= 11 is 6.24. The lowest BCUT2D eigenvalue weighted by molar-refractivity contribution is 0.389. The number of aromatic nitrogens is 2. The van der Waals surface area contributed by atoms with Crippen molar-refractivity contribution < 1.29 is 4.39 Å². The van der Waals surface area contributed by atoms with Gasteiger partial charge in [0, 0.05) is 17.5 Å². The van der Waals surface area contributed by atoms with E-state index in [1.54, 1.807) is 0 Å². The second kappa shape index (κ2) is 6.44. The van der Waals surface area contributed by atoms with Gasteiger partial charge < -0.3 is 5.32 Å². The van der Waals surface area contributed by atoms with Gasteiger partial charge in [0.15, 0.2) is 11.6 Å². The Morgan fingerprint density at radius 1 is 1.21 bits per heavy atom. The molecule has 3 aromatic rings. The van der Waals surface area contributed by atoms with Gasteiger partial charge in [-0.05, 0) is 23.5 Å². The molecule has 0 saturated heterocycles. The molecule has 24 heavy (non-hydrogen) atoms. The Kier molecular flexibility index (Phi) is 4.50. The Hall–Kier alpha value is -2.07. The molecule has 0 aliphatic rings. The van der Waals surface area contributed by atoms with Gasteiger partial charge in [0.05, 0.1) is 5.02 Å². The molecule has 0 fully saturated rings. The summed E-state index contributed by atoms with van der Waals surface area (Å²) in [5.74, 6) is 0.186. The van der Waals surface area contributed by atoms with Crippen LogP contribution in [0.5, 0.6) is 0 Å². The van der Waals surface area contributed by atoms with Crippen LogP contribution >= 0.6 is 11.6 Å². The van der Waals surface area contributed by atoms with E-state index in [4.69, 9.17) is 11.6 Å². The molecule has 5 heteroatoms. The SMILES string of the molecule is CC(C)(C)CCNc1n[nH]c2c(F)c(Cl)c(-c3ccccc3)cc12. The highest BCUT2D eigenvalue weighted by molar-refractivity contribution is 6.34. The molecule has 0 radical (unpaired) electrons. The summed E-state index contributed by atoms with van der Waals surface area (Å²) in [6.07, 6.45) is 0.989. The maximum atomic E-state index is 14.6. The lowest BCUT2D eigenvalue weighted by Crippen LogP contribution is -2.13.